The number of β-lactam (4-membered cyclic amide) rings is 1. The lowest BCUT2D eigenvalue weighted by molar-refractivity contribution is -0.148. The molecule has 2 aromatic heterocycles. The Balaban J connectivity index is 1.21. The van der Waals surface area contributed by atoms with Crippen LogP contribution in [0.1, 0.15) is 32.4 Å². The van der Waals surface area contributed by atoms with Crippen molar-refractivity contribution in [2.75, 3.05) is 11.5 Å². The molecule has 10 nitrogen and oxygen atoms in total. The lowest BCUT2D eigenvalue weighted by Gasteiger charge is -2.49. The van der Waals surface area contributed by atoms with Gasteiger partial charge in [0, 0.05) is 11.5 Å². The molecule has 2 aliphatic heterocycles. The summed E-state index contributed by atoms with van der Waals surface area (Å²) in [6.07, 6.45) is 0. The number of hydrogen-bond acceptors (Lipinski definition) is 10. The minimum Gasteiger partial charge on any atom is -0.485 e. The number of rotatable bonds is 9. The molecule has 1 saturated heterocycles. The number of carbonyl (C=O) groups excluding carboxylic acids is 2. The van der Waals surface area contributed by atoms with E-state index < -0.39 is 29.2 Å². The number of benzene rings is 1. The summed E-state index contributed by atoms with van der Waals surface area (Å²) in [6.45, 7) is 5.92. The molecule has 0 radical (unpaired) electrons. The molecule has 3 aromatic rings. The molecular weight excluding hydrogens is 548 g/mol. The smallest absolute Gasteiger partial charge is 0.352 e. The zero-order valence-electron chi connectivity index (χ0n) is 20.7. The van der Waals surface area contributed by atoms with Crippen molar-refractivity contribution in [3.63, 3.8) is 0 Å². The Hall–Kier alpha value is -3.29. The molecule has 1 aromatic carbocycles. The van der Waals surface area contributed by atoms with Crippen molar-refractivity contribution in [1.29, 1.82) is 0 Å². The van der Waals surface area contributed by atoms with Gasteiger partial charge in [-0.2, -0.15) is 0 Å². The summed E-state index contributed by atoms with van der Waals surface area (Å²) in [4.78, 5) is 39.1. The summed E-state index contributed by atoms with van der Waals surface area (Å²) in [7, 11) is 0. The second-order valence-electron chi connectivity index (χ2n) is 8.82. The van der Waals surface area contributed by atoms with E-state index in [1.54, 1.807) is 6.07 Å². The maximum absolute atomic E-state index is 12.9. The number of hydrogen-bond donors (Lipinski definition) is 2. The van der Waals surface area contributed by atoms with E-state index in [4.69, 9.17) is 9.15 Å². The number of ether oxygens (including phenoxy) is 1. The molecule has 4 heterocycles. The van der Waals surface area contributed by atoms with Crippen molar-refractivity contribution >= 4 is 52.6 Å². The van der Waals surface area contributed by atoms with Gasteiger partial charge in [-0.25, -0.2) is 4.79 Å². The van der Waals surface area contributed by atoms with Crippen molar-refractivity contribution in [2.24, 2.45) is 0 Å². The van der Waals surface area contributed by atoms with Crippen LogP contribution >= 0.6 is 34.9 Å². The largest absolute Gasteiger partial charge is 0.485 e. The zero-order valence-corrected chi connectivity index (χ0v) is 23.2. The van der Waals surface area contributed by atoms with Crippen molar-refractivity contribution in [2.45, 2.75) is 43.1 Å². The number of nitrogens with zero attached hydrogens (tertiary/aromatic N) is 3. The molecule has 0 aliphatic carbocycles. The van der Waals surface area contributed by atoms with Crippen LogP contribution in [0.2, 0.25) is 0 Å². The summed E-state index contributed by atoms with van der Waals surface area (Å²) in [5.74, 6) is -0.118. The first-order valence-electron chi connectivity index (χ1n) is 11.6. The van der Waals surface area contributed by atoms with Gasteiger partial charge in [-0.3, -0.25) is 14.5 Å². The van der Waals surface area contributed by atoms with Crippen molar-refractivity contribution in [3.8, 4) is 5.75 Å². The van der Waals surface area contributed by atoms with E-state index >= 15 is 0 Å². The summed E-state index contributed by atoms with van der Waals surface area (Å²) in [6, 6.07) is 8.24. The van der Waals surface area contributed by atoms with Crippen molar-refractivity contribution in [3.05, 3.63) is 69.3 Å². The van der Waals surface area contributed by atoms with Gasteiger partial charge in [0.05, 0.1) is 0 Å². The highest BCUT2D eigenvalue weighted by molar-refractivity contribution is 8.01. The molecule has 198 valence electrons. The summed E-state index contributed by atoms with van der Waals surface area (Å²) in [5.41, 5.74) is 2.67. The Kier molecular flexibility index (Phi) is 7.50. The van der Waals surface area contributed by atoms with Crippen LogP contribution in [0.3, 0.4) is 0 Å². The van der Waals surface area contributed by atoms with E-state index in [1.807, 2.05) is 39.0 Å². The van der Waals surface area contributed by atoms with Crippen LogP contribution in [0.25, 0.3) is 0 Å². The van der Waals surface area contributed by atoms with Gasteiger partial charge in [0.15, 0.2) is 10.1 Å². The Morgan fingerprint density at radius 1 is 1.24 bits per heavy atom. The molecule has 1 fully saturated rings. The van der Waals surface area contributed by atoms with Gasteiger partial charge in [-0.1, -0.05) is 35.2 Å². The van der Waals surface area contributed by atoms with Gasteiger partial charge in [-0.05, 0) is 55.7 Å². The van der Waals surface area contributed by atoms with Gasteiger partial charge in [0.1, 0.15) is 40.2 Å². The lowest BCUT2D eigenvalue weighted by atomic mass is 10.0. The third-order valence-electron chi connectivity index (χ3n) is 6.01. The fourth-order valence-corrected chi connectivity index (χ4v) is 7.38. The second-order valence-corrected chi connectivity index (χ2v) is 12.3. The quantitative estimate of drug-likeness (QED) is 0.288. The van der Waals surface area contributed by atoms with Crippen LogP contribution in [-0.2, 0) is 16.2 Å². The number of aliphatic carboxylic acids is 1. The maximum Gasteiger partial charge on any atom is 0.352 e. The molecule has 2 amide bonds. The predicted octanol–water partition coefficient (Wildman–Crippen LogP) is 3.78. The number of aromatic nitrogens is 2. The molecule has 38 heavy (non-hydrogen) atoms. The average molecular weight is 573 g/mol. The predicted molar refractivity (Wildman–Crippen MR) is 143 cm³/mol. The van der Waals surface area contributed by atoms with Gasteiger partial charge >= 0.3 is 5.97 Å². The molecule has 5 rings (SSSR count). The highest BCUT2D eigenvalue weighted by Crippen LogP contribution is 2.42. The number of furan rings is 1. The number of carboxylic acids is 1. The highest BCUT2D eigenvalue weighted by atomic mass is 32.2. The molecule has 2 N–H and O–H groups in total. The summed E-state index contributed by atoms with van der Waals surface area (Å²) < 4.78 is 12.2. The van der Waals surface area contributed by atoms with Crippen LogP contribution in [-0.4, -0.2) is 60.9 Å². The molecule has 2 atom stereocenters. The topological polar surface area (TPSA) is 135 Å². The number of amides is 2. The highest BCUT2D eigenvalue weighted by Gasteiger charge is 2.54. The number of thioether (sulfide) groups is 2. The molecule has 0 bridgehead atoms. The Labute approximate surface area is 230 Å². The standard InChI is InChI=1S/C25H24N4O6S3/c1-12-4-5-13(2)18(8-12)34-9-16-6-7-17(35-16)21(30)26-19-22(31)29-20(24(32)33)15(10-36-23(19)29)11-37-25-28-27-14(3)38-25/h4-8,19,23H,9-11H2,1-3H3,(H,26,30)(H,32,33)/t19-,23+/m0/s1. The first kappa shape index (κ1) is 26.3. The van der Waals surface area contributed by atoms with Crippen LogP contribution in [0.15, 0.2) is 50.4 Å². The van der Waals surface area contributed by atoms with Gasteiger partial charge in [0.2, 0.25) is 0 Å². The van der Waals surface area contributed by atoms with Crippen LogP contribution in [0.4, 0.5) is 0 Å². The first-order valence-corrected chi connectivity index (χ1v) is 14.5. The van der Waals surface area contributed by atoms with Crippen LogP contribution in [0.5, 0.6) is 5.75 Å². The monoisotopic (exact) mass is 572 g/mol. The third kappa shape index (κ3) is 5.31. The maximum atomic E-state index is 12.9. The molecule has 0 unspecified atom stereocenters. The molecule has 0 saturated carbocycles. The van der Waals surface area contributed by atoms with E-state index in [2.05, 4.69) is 15.5 Å². The van der Waals surface area contributed by atoms with Crippen LogP contribution in [0, 0.1) is 20.8 Å². The summed E-state index contributed by atoms with van der Waals surface area (Å²) >= 11 is 4.24. The fourth-order valence-electron chi connectivity index (χ4n) is 4.08. The minimum atomic E-state index is -1.17. The van der Waals surface area contributed by atoms with Gasteiger partial charge in [0.25, 0.3) is 11.8 Å². The molecule has 0 spiro atoms. The normalized spacial score (nSPS) is 18.7. The molecular formula is C25H24N4O6S3. The summed E-state index contributed by atoms with van der Waals surface area (Å²) in [5, 5.41) is 20.9. The number of fused-ring (bicyclic) bond motifs is 1. The Morgan fingerprint density at radius 3 is 2.79 bits per heavy atom. The number of nitrogens with one attached hydrogen (secondary N) is 1. The van der Waals surface area contributed by atoms with Crippen LogP contribution < -0.4 is 10.1 Å². The van der Waals surface area contributed by atoms with E-state index in [-0.39, 0.29) is 18.1 Å². The molecule has 2 aliphatic rings. The number of carbonyl (C=O) groups is 3. The Morgan fingerprint density at radius 2 is 2.05 bits per heavy atom. The minimum absolute atomic E-state index is 0.0261. The fraction of sp³-hybridized carbons (Fsp3) is 0.320. The van der Waals surface area contributed by atoms with Gasteiger partial charge < -0.3 is 19.6 Å². The zero-order chi connectivity index (χ0) is 27.0. The average Bonchev–Trinajstić information content (AvgIpc) is 3.54. The van der Waals surface area contributed by atoms with E-state index in [0.717, 1.165) is 26.2 Å². The third-order valence-corrected chi connectivity index (χ3v) is 9.41. The number of carboxylic acid groups (broad SMARTS) is 1. The van der Waals surface area contributed by atoms with E-state index in [9.17, 15) is 19.5 Å². The van der Waals surface area contributed by atoms with Gasteiger partial charge in [-0.15, -0.1) is 22.0 Å². The van der Waals surface area contributed by atoms with E-state index in [1.165, 1.54) is 45.8 Å². The van der Waals surface area contributed by atoms with Crippen molar-refractivity contribution < 1.29 is 28.6 Å². The lowest BCUT2D eigenvalue weighted by Crippen LogP contribution is -2.70. The van der Waals surface area contributed by atoms with Crippen molar-refractivity contribution in [1.82, 2.24) is 20.4 Å². The number of aryl methyl sites for hydroxylation is 3. The Bertz CT molecular complexity index is 1450. The SMILES string of the molecule is Cc1ccc(C)c(OCc2ccc(C(=O)N[C@H]3C(=O)N4C(C(=O)O)=C(CSc5nnc(C)s5)CS[C@H]34)o2)c1. The molecule has 13 heteroatoms. The first-order chi connectivity index (χ1) is 18.2. The van der Waals surface area contributed by atoms with E-state index in [0.29, 0.717) is 22.8 Å². The second kappa shape index (κ2) is 10.8.